The van der Waals surface area contributed by atoms with Gasteiger partial charge in [-0.25, -0.2) is 4.68 Å². The number of hydrogen-bond acceptors (Lipinski definition) is 3. The first-order chi connectivity index (χ1) is 7.69. The Kier molecular flexibility index (Phi) is 4.00. The molecule has 5 nitrogen and oxygen atoms in total. The third-order valence-electron chi connectivity index (χ3n) is 1.86. The summed E-state index contributed by atoms with van der Waals surface area (Å²) in [5.41, 5.74) is 1.71. The zero-order chi connectivity index (χ0) is 12.0. The molecule has 5 heteroatoms. The number of hydrogen-bond donors (Lipinski definition) is 1. The zero-order valence-electron chi connectivity index (χ0n) is 8.64. The van der Waals surface area contributed by atoms with Crippen LogP contribution in [0.1, 0.15) is 5.69 Å². The number of nitrogens with zero attached hydrogens (tertiary/aromatic N) is 1. The van der Waals surface area contributed by atoms with Crippen molar-refractivity contribution >= 4 is 6.15 Å². The van der Waals surface area contributed by atoms with Gasteiger partial charge in [-0.1, -0.05) is 18.2 Å². The Labute approximate surface area is 91.3 Å². The number of benzene rings is 1. The highest BCUT2D eigenvalue weighted by Gasteiger charge is 1.99. The molecule has 1 heterocycles. The molecule has 0 bridgehead atoms. The Balaban J connectivity index is 0.000000386. The van der Waals surface area contributed by atoms with E-state index in [9.17, 15) is 4.79 Å². The zero-order valence-corrected chi connectivity index (χ0v) is 8.64. The van der Waals surface area contributed by atoms with Gasteiger partial charge in [-0.3, -0.25) is 9.89 Å². The predicted octanol–water partition coefficient (Wildman–Crippen LogP) is 0.891. The molecule has 0 saturated heterocycles. The lowest BCUT2D eigenvalue weighted by Crippen LogP contribution is -2.12. The predicted molar refractivity (Wildman–Crippen MR) is 56.1 cm³/mol. The summed E-state index contributed by atoms with van der Waals surface area (Å²) in [7, 11) is 0. The molecular formula is C11H10N2O3. The van der Waals surface area contributed by atoms with Gasteiger partial charge in [-0.15, -0.1) is 0 Å². The summed E-state index contributed by atoms with van der Waals surface area (Å²) in [5.74, 6) is 0. The van der Waals surface area contributed by atoms with Crippen molar-refractivity contribution in [2.45, 2.75) is 6.92 Å². The van der Waals surface area contributed by atoms with Crippen LogP contribution in [0, 0.1) is 6.92 Å². The third kappa shape index (κ3) is 2.80. The third-order valence-corrected chi connectivity index (χ3v) is 1.86. The van der Waals surface area contributed by atoms with Gasteiger partial charge in [0.1, 0.15) is 0 Å². The molecule has 0 saturated carbocycles. The Morgan fingerprint density at radius 1 is 1.19 bits per heavy atom. The quantitative estimate of drug-likeness (QED) is 0.772. The highest BCUT2D eigenvalue weighted by molar-refractivity contribution is 5.30. The maximum Gasteiger partial charge on any atom is 0.373 e. The van der Waals surface area contributed by atoms with Crippen molar-refractivity contribution in [2.75, 3.05) is 0 Å². The van der Waals surface area contributed by atoms with Crippen LogP contribution in [0.3, 0.4) is 0 Å². The topological polar surface area (TPSA) is 71.9 Å². The fourth-order valence-electron chi connectivity index (χ4n) is 1.28. The van der Waals surface area contributed by atoms with E-state index in [2.05, 4.69) is 5.10 Å². The van der Waals surface area contributed by atoms with Crippen molar-refractivity contribution in [3.8, 4) is 5.69 Å². The smallest absolute Gasteiger partial charge is 0.295 e. The minimum atomic E-state index is -0.0244. The summed E-state index contributed by atoms with van der Waals surface area (Å²) in [5, 5.41) is 2.96. The Morgan fingerprint density at radius 3 is 2.19 bits per heavy atom. The molecule has 0 amide bonds. The molecule has 0 unspecified atom stereocenters. The molecule has 16 heavy (non-hydrogen) atoms. The minimum Gasteiger partial charge on any atom is -0.295 e. The van der Waals surface area contributed by atoms with Gasteiger partial charge in [0.05, 0.1) is 5.69 Å². The molecule has 0 fully saturated rings. The van der Waals surface area contributed by atoms with E-state index < -0.39 is 0 Å². The van der Waals surface area contributed by atoms with E-state index in [1.54, 1.807) is 6.07 Å². The van der Waals surface area contributed by atoms with Gasteiger partial charge in [-0.2, -0.15) is 9.59 Å². The monoisotopic (exact) mass is 218 g/mol. The van der Waals surface area contributed by atoms with Gasteiger partial charge in [0, 0.05) is 11.8 Å². The number of aromatic nitrogens is 2. The summed E-state index contributed by atoms with van der Waals surface area (Å²) < 4.78 is 1.52. The number of para-hydroxylation sites is 1. The first-order valence-corrected chi connectivity index (χ1v) is 4.52. The summed E-state index contributed by atoms with van der Waals surface area (Å²) in [6, 6.07) is 11.1. The maximum absolute atomic E-state index is 11.4. The molecule has 1 N–H and O–H groups in total. The van der Waals surface area contributed by atoms with Crippen molar-refractivity contribution in [1.29, 1.82) is 0 Å². The molecule has 0 aliphatic carbocycles. The van der Waals surface area contributed by atoms with E-state index >= 15 is 0 Å². The number of carbonyl (C=O) groups excluding carboxylic acids is 2. The minimum absolute atomic E-state index is 0.0244. The van der Waals surface area contributed by atoms with Crippen molar-refractivity contribution < 1.29 is 9.59 Å². The van der Waals surface area contributed by atoms with Crippen molar-refractivity contribution in [2.24, 2.45) is 0 Å². The number of aryl methyl sites for hydroxylation is 1. The molecule has 1 aromatic heterocycles. The second-order valence-electron chi connectivity index (χ2n) is 3.03. The largest absolute Gasteiger partial charge is 0.373 e. The lowest BCUT2D eigenvalue weighted by atomic mass is 10.3. The van der Waals surface area contributed by atoms with Gasteiger partial charge in [-0.05, 0) is 19.1 Å². The molecular weight excluding hydrogens is 208 g/mol. The lowest BCUT2D eigenvalue weighted by Gasteiger charge is -1.99. The molecule has 0 radical (unpaired) electrons. The SMILES string of the molecule is Cc1cc(=O)n(-c2ccccc2)[nH]1.O=C=O. The molecule has 0 aliphatic heterocycles. The van der Waals surface area contributed by atoms with Crippen LogP contribution in [0.2, 0.25) is 0 Å². The molecule has 82 valence electrons. The van der Waals surface area contributed by atoms with Gasteiger partial charge in [0.2, 0.25) is 0 Å². The molecule has 0 aliphatic rings. The molecule has 2 rings (SSSR count). The molecule has 2 aromatic rings. The standard InChI is InChI=1S/C10H10N2O.CO2/c1-8-7-10(13)12(11-8)9-5-3-2-4-6-9;2-1-3/h2-7,11H,1H3;. The maximum atomic E-state index is 11.4. The van der Waals surface area contributed by atoms with Crippen LogP contribution in [0.25, 0.3) is 5.69 Å². The van der Waals surface area contributed by atoms with Crippen LogP contribution in [-0.2, 0) is 9.59 Å². The first-order valence-electron chi connectivity index (χ1n) is 4.52. The van der Waals surface area contributed by atoms with E-state index in [1.165, 1.54) is 4.68 Å². The molecule has 0 spiro atoms. The molecule has 0 atom stereocenters. The number of H-pyrrole nitrogens is 1. The normalized spacial score (nSPS) is 8.81. The van der Waals surface area contributed by atoms with Gasteiger partial charge in [0.15, 0.2) is 0 Å². The Morgan fingerprint density at radius 2 is 1.75 bits per heavy atom. The molecule has 1 aromatic carbocycles. The number of aromatic amines is 1. The average molecular weight is 218 g/mol. The van der Waals surface area contributed by atoms with Gasteiger partial charge >= 0.3 is 6.15 Å². The van der Waals surface area contributed by atoms with Crippen molar-refractivity contribution in [3.05, 3.63) is 52.4 Å². The lowest BCUT2D eigenvalue weighted by molar-refractivity contribution is -0.191. The highest BCUT2D eigenvalue weighted by atomic mass is 16.2. The highest BCUT2D eigenvalue weighted by Crippen LogP contribution is 2.02. The van der Waals surface area contributed by atoms with E-state index in [-0.39, 0.29) is 11.7 Å². The summed E-state index contributed by atoms with van der Waals surface area (Å²) in [6.07, 6.45) is 0.250. The van der Waals surface area contributed by atoms with Crippen molar-refractivity contribution in [3.63, 3.8) is 0 Å². The van der Waals surface area contributed by atoms with E-state index in [0.717, 1.165) is 11.4 Å². The van der Waals surface area contributed by atoms with Crippen LogP contribution < -0.4 is 5.56 Å². The second-order valence-corrected chi connectivity index (χ2v) is 3.03. The summed E-state index contributed by atoms with van der Waals surface area (Å²) in [4.78, 5) is 27.6. The van der Waals surface area contributed by atoms with Gasteiger partial charge in [0.25, 0.3) is 5.56 Å². The Hall–Kier alpha value is -2.39. The average Bonchev–Trinajstić information content (AvgIpc) is 2.60. The number of rotatable bonds is 1. The first kappa shape index (κ1) is 11.7. The summed E-state index contributed by atoms with van der Waals surface area (Å²) in [6.45, 7) is 1.86. The van der Waals surface area contributed by atoms with Crippen molar-refractivity contribution in [1.82, 2.24) is 9.78 Å². The van der Waals surface area contributed by atoms with E-state index in [0.29, 0.717) is 0 Å². The van der Waals surface area contributed by atoms with Gasteiger partial charge < -0.3 is 0 Å². The van der Waals surface area contributed by atoms with E-state index in [4.69, 9.17) is 9.59 Å². The number of nitrogens with one attached hydrogen (secondary N) is 1. The van der Waals surface area contributed by atoms with Crippen LogP contribution >= 0.6 is 0 Å². The fraction of sp³-hybridized carbons (Fsp3) is 0.0909. The van der Waals surface area contributed by atoms with Crippen LogP contribution in [0.5, 0.6) is 0 Å². The van der Waals surface area contributed by atoms with Crippen LogP contribution in [0.4, 0.5) is 0 Å². The summed E-state index contributed by atoms with van der Waals surface area (Å²) >= 11 is 0. The Bertz CT molecular complexity index is 534. The van der Waals surface area contributed by atoms with Crippen LogP contribution in [-0.4, -0.2) is 15.9 Å². The van der Waals surface area contributed by atoms with E-state index in [1.807, 2.05) is 37.3 Å². The second kappa shape index (κ2) is 5.48. The fourth-order valence-corrected chi connectivity index (χ4v) is 1.28. The van der Waals surface area contributed by atoms with Crippen LogP contribution in [0.15, 0.2) is 41.2 Å².